The van der Waals surface area contributed by atoms with E-state index in [-0.39, 0.29) is 59.3 Å². The number of carbonyl (C=O) groups is 2. The molecule has 0 aromatic carbocycles. The van der Waals surface area contributed by atoms with Crippen molar-refractivity contribution in [3.05, 3.63) is 29.8 Å². The maximum atomic E-state index is 14.4. The summed E-state index contributed by atoms with van der Waals surface area (Å²) in [5.74, 6) is -3.98. The lowest BCUT2D eigenvalue weighted by Gasteiger charge is -2.52. The van der Waals surface area contributed by atoms with Gasteiger partial charge in [0.2, 0.25) is 11.8 Å². The molecule has 12 heteroatoms. The van der Waals surface area contributed by atoms with Crippen molar-refractivity contribution < 1.29 is 32.2 Å². The quantitative estimate of drug-likeness (QED) is 0.608. The Balaban J connectivity index is 1.23. The summed E-state index contributed by atoms with van der Waals surface area (Å²) in [7, 11) is 1.42. The van der Waals surface area contributed by atoms with Crippen LogP contribution in [0, 0.1) is 23.6 Å². The van der Waals surface area contributed by atoms with Crippen molar-refractivity contribution in [2.45, 2.75) is 62.0 Å². The smallest absolute Gasteiger partial charge is 0.299 e. The summed E-state index contributed by atoms with van der Waals surface area (Å²) in [5.41, 5.74) is 4.32. The van der Waals surface area contributed by atoms with Gasteiger partial charge in [-0.3, -0.25) is 14.7 Å². The number of carbonyl (C=O) groups excluding carboxylic acids is 2. The highest BCUT2D eigenvalue weighted by atomic mass is 19.3. The topological polar surface area (TPSA) is 123 Å². The summed E-state index contributed by atoms with van der Waals surface area (Å²) in [4.78, 5) is 31.5. The van der Waals surface area contributed by atoms with Crippen molar-refractivity contribution in [1.29, 1.82) is 0 Å². The minimum Gasteiger partial charge on any atom is -0.481 e. The fourth-order valence-corrected chi connectivity index (χ4v) is 7.01. The number of nitrogens with one attached hydrogen (secondary N) is 1. The number of aromatic nitrogens is 3. The number of methoxy groups -OCH3 is 1. The van der Waals surface area contributed by atoms with Crippen molar-refractivity contribution in [3.63, 3.8) is 0 Å². The number of ether oxygens (including phenoxy) is 2. The first-order valence-electron chi connectivity index (χ1n) is 13.0. The van der Waals surface area contributed by atoms with Gasteiger partial charge in [-0.1, -0.05) is 0 Å². The highest BCUT2D eigenvalue weighted by Gasteiger charge is 2.68. The van der Waals surface area contributed by atoms with E-state index in [4.69, 9.17) is 15.2 Å². The summed E-state index contributed by atoms with van der Waals surface area (Å²) >= 11 is 0. The van der Waals surface area contributed by atoms with Crippen LogP contribution >= 0.6 is 0 Å². The van der Waals surface area contributed by atoms with Crippen molar-refractivity contribution in [2.75, 3.05) is 20.3 Å². The van der Waals surface area contributed by atoms with Crippen LogP contribution in [-0.2, 0) is 9.53 Å². The molecule has 204 valence electrons. The predicted octanol–water partition coefficient (Wildman–Crippen LogP) is 3.31. The fraction of sp³-hybridized carbons (Fsp3) is 0.615. The molecule has 2 spiro atoms. The van der Waals surface area contributed by atoms with Crippen molar-refractivity contribution in [2.24, 2.45) is 23.5 Å². The lowest BCUT2D eigenvalue weighted by molar-refractivity contribution is -0.340. The van der Waals surface area contributed by atoms with Crippen molar-refractivity contribution >= 4 is 11.8 Å². The number of likely N-dealkylation sites (tertiary alicyclic amines) is 1. The number of amides is 2. The van der Waals surface area contributed by atoms with Gasteiger partial charge in [-0.05, 0) is 62.8 Å². The van der Waals surface area contributed by atoms with Crippen LogP contribution in [0.2, 0.25) is 0 Å². The summed E-state index contributed by atoms with van der Waals surface area (Å²) in [6.45, 7) is -0.178. The number of rotatable bonds is 5. The molecule has 2 aliphatic heterocycles. The first-order valence-corrected chi connectivity index (χ1v) is 13.0. The first-order chi connectivity index (χ1) is 18.1. The molecule has 2 saturated heterocycles. The van der Waals surface area contributed by atoms with Gasteiger partial charge in [0.15, 0.2) is 5.82 Å². The van der Waals surface area contributed by atoms with Crippen LogP contribution in [-0.4, -0.2) is 69.2 Å². The Kier molecular flexibility index (Phi) is 5.75. The molecule has 3 atom stereocenters. The number of H-pyrrole nitrogens is 1. The Bertz CT molecular complexity index is 1280. The predicted molar refractivity (Wildman–Crippen MR) is 128 cm³/mol. The van der Waals surface area contributed by atoms with E-state index in [2.05, 4.69) is 15.2 Å². The van der Waals surface area contributed by atoms with Gasteiger partial charge in [0.1, 0.15) is 17.9 Å². The lowest BCUT2D eigenvalue weighted by atomic mass is 9.70. The maximum Gasteiger partial charge on any atom is 0.299 e. The Morgan fingerprint density at radius 3 is 2.61 bits per heavy atom. The van der Waals surface area contributed by atoms with Crippen LogP contribution in [0.1, 0.15) is 55.4 Å². The van der Waals surface area contributed by atoms with Gasteiger partial charge in [0, 0.05) is 29.6 Å². The van der Waals surface area contributed by atoms with E-state index in [1.807, 2.05) is 0 Å². The number of nitrogens with two attached hydrogens (primary N) is 1. The van der Waals surface area contributed by atoms with Crippen LogP contribution in [0.5, 0.6) is 5.88 Å². The molecule has 2 aromatic rings. The van der Waals surface area contributed by atoms with Crippen LogP contribution < -0.4 is 10.5 Å². The number of pyridine rings is 1. The van der Waals surface area contributed by atoms with Gasteiger partial charge in [-0.15, -0.1) is 0 Å². The lowest BCUT2D eigenvalue weighted by Crippen LogP contribution is -2.64. The number of nitrogens with zero attached hydrogens (tertiary/aromatic N) is 3. The van der Waals surface area contributed by atoms with Crippen LogP contribution in [0.3, 0.4) is 0 Å². The largest absolute Gasteiger partial charge is 0.481 e. The molecular formula is C26H30F3N5O4. The second kappa shape index (κ2) is 8.69. The number of piperidine rings is 1. The Labute approximate surface area is 217 Å². The average Bonchev–Trinajstić information content (AvgIpc) is 3.38. The standard InChI is InChI=1S/C26H30F3N5O4/c1-37-21-8-16(18(27)12-31-21)19-9-20(33-32-19)23(36)34-7-4-15(22(30)35)10-24(34)11-17(24)14-2-5-25(6-3-14)26(28,29)13-38-25/h8-9,12,14-15,17H,2-7,10-11,13H2,1H3,(H2,30,35)(H,32,33). The third-order valence-electron chi connectivity index (χ3n) is 9.32. The minimum absolute atomic E-state index is 0.0870. The van der Waals surface area contributed by atoms with Crippen LogP contribution in [0.4, 0.5) is 13.2 Å². The van der Waals surface area contributed by atoms with E-state index in [1.54, 1.807) is 4.90 Å². The summed E-state index contributed by atoms with van der Waals surface area (Å²) < 4.78 is 53.2. The van der Waals surface area contributed by atoms with E-state index < -0.39 is 35.4 Å². The zero-order valence-electron chi connectivity index (χ0n) is 21.0. The van der Waals surface area contributed by atoms with E-state index in [1.165, 1.54) is 19.2 Å². The van der Waals surface area contributed by atoms with E-state index >= 15 is 0 Å². The SMILES string of the molecule is COc1cc(-c2cc(C(=O)N3CCC(C(N)=O)CC34CC4C3CCC4(CC3)OCC4(F)F)[nH]n2)c(F)cn1. The maximum absolute atomic E-state index is 14.4. The number of primary amides is 1. The molecule has 4 heterocycles. The van der Waals surface area contributed by atoms with Gasteiger partial charge in [0.05, 0.1) is 19.0 Å². The van der Waals surface area contributed by atoms with E-state index in [0.29, 0.717) is 38.6 Å². The molecule has 0 radical (unpaired) electrons. The third-order valence-corrected chi connectivity index (χ3v) is 9.32. The zero-order chi connectivity index (χ0) is 26.9. The summed E-state index contributed by atoms with van der Waals surface area (Å²) in [5, 5.41) is 6.88. The molecule has 3 N–H and O–H groups in total. The van der Waals surface area contributed by atoms with Crippen molar-refractivity contribution in [1.82, 2.24) is 20.1 Å². The summed E-state index contributed by atoms with van der Waals surface area (Å²) in [6.07, 6.45) is 4.36. The zero-order valence-corrected chi connectivity index (χ0v) is 21.0. The highest BCUT2D eigenvalue weighted by molar-refractivity contribution is 5.94. The minimum atomic E-state index is -2.79. The molecule has 9 nitrogen and oxygen atoms in total. The van der Waals surface area contributed by atoms with Gasteiger partial charge in [0.25, 0.3) is 11.8 Å². The molecule has 2 aromatic heterocycles. The second-order valence-electron chi connectivity index (χ2n) is 11.2. The molecule has 2 aliphatic carbocycles. The number of halogens is 3. The molecule has 38 heavy (non-hydrogen) atoms. The monoisotopic (exact) mass is 533 g/mol. The van der Waals surface area contributed by atoms with Gasteiger partial charge >= 0.3 is 0 Å². The second-order valence-corrected chi connectivity index (χ2v) is 11.2. The number of aromatic amines is 1. The molecule has 4 fully saturated rings. The van der Waals surface area contributed by atoms with Gasteiger partial charge in [-0.25, -0.2) is 18.2 Å². The summed E-state index contributed by atoms with van der Waals surface area (Å²) in [6, 6.07) is 2.90. The Hall–Kier alpha value is -3.15. The van der Waals surface area contributed by atoms with Gasteiger partial charge < -0.3 is 20.1 Å². The third kappa shape index (κ3) is 3.78. The highest BCUT2D eigenvalue weighted by Crippen LogP contribution is 2.63. The molecule has 2 saturated carbocycles. The van der Waals surface area contributed by atoms with E-state index in [9.17, 15) is 22.8 Å². The van der Waals surface area contributed by atoms with Crippen LogP contribution in [0.25, 0.3) is 11.3 Å². The number of alkyl halides is 2. The molecule has 4 aliphatic rings. The normalized spacial score (nSPS) is 33.7. The first kappa shape index (κ1) is 25.1. The number of hydrogen-bond acceptors (Lipinski definition) is 6. The number of hydrogen-bond donors (Lipinski definition) is 2. The van der Waals surface area contributed by atoms with Gasteiger partial charge in [-0.2, -0.15) is 5.10 Å². The molecule has 0 bridgehead atoms. The van der Waals surface area contributed by atoms with E-state index in [0.717, 1.165) is 6.20 Å². The Morgan fingerprint density at radius 1 is 1.21 bits per heavy atom. The molecular weight excluding hydrogens is 503 g/mol. The van der Waals surface area contributed by atoms with Crippen LogP contribution in [0.15, 0.2) is 18.3 Å². The fourth-order valence-electron chi connectivity index (χ4n) is 7.01. The molecule has 3 unspecified atom stereocenters. The van der Waals surface area contributed by atoms with Crippen molar-refractivity contribution in [3.8, 4) is 17.1 Å². The molecule has 2 amide bonds. The Morgan fingerprint density at radius 2 is 1.97 bits per heavy atom. The molecule has 6 rings (SSSR count). The average molecular weight is 534 g/mol.